The van der Waals surface area contributed by atoms with Crippen LogP contribution in [0.3, 0.4) is 0 Å². The van der Waals surface area contributed by atoms with E-state index in [9.17, 15) is 14.4 Å². The van der Waals surface area contributed by atoms with Crippen molar-refractivity contribution in [3.63, 3.8) is 0 Å². The highest BCUT2D eigenvalue weighted by Crippen LogP contribution is 2.52. The third-order valence-corrected chi connectivity index (χ3v) is 6.76. The zero-order valence-electron chi connectivity index (χ0n) is 15.8. The van der Waals surface area contributed by atoms with Gasteiger partial charge >= 0.3 is 0 Å². The number of amides is 3. The van der Waals surface area contributed by atoms with E-state index < -0.39 is 0 Å². The first-order chi connectivity index (χ1) is 13.6. The van der Waals surface area contributed by atoms with Crippen LogP contribution < -0.4 is 10.2 Å². The average molecular weight is 379 g/mol. The third-order valence-electron chi connectivity index (χ3n) is 6.76. The lowest BCUT2D eigenvalue weighted by atomic mass is 9.85. The highest BCUT2D eigenvalue weighted by molar-refractivity contribution is 6.08. The fourth-order valence-electron chi connectivity index (χ4n) is 5.32. The van der Waals surface area contributed by atoms with Crippen molar-refractivity contribution in [2.24, 2.45) is 23.7 Å². The van der Waals surface area contributed by atoms with Gasteiger partial charge in [0.1, 0.15) is 6.54 Å². The average Bonchev–Trinajstić information content (AvgIpc) is 3.49. The lowest BCUT2D eigenvalue weighted by molar-refractivity contribution is -0.144. The summed E-state index contributed by atoms with van der Waals surface area (Å²) in [4.78, 5) is 41.2. The van der Waals surface area contributed by atoms with E-state index in [0.29, 0.717) is 6.54 Å². The van der Waals surface area contributed by atoms with Crippen LogP contribution in [0.15, 0.2) is 36.4 Å². The molecule has 2 saturated heterocycles. The highest BCUT2D eigenvalue weighted by Gasteiger charge is 2.59. The van der Waals surface area contributed by atoms with Crippen LogP contribution in [0.4, 0.5) is 5.69 Å². The molecule has 2 aliphatic carbocycles. The van der Waals surface area contributed by atoms with E-state index in [2.05, 4.69) is 34.5 Å². The minimum absolute atomic E-state index is 0.169. The molecule has 3 amide bonds. The number of rotatable bonds is 5. The number of imide groups is 1. The van der Waals surface area contributed by atoms with Crippen LogP contribution in [0, 0.1) is 23.7 Å². The van der Waals surface area contributed by atoms with E-state index >= 15 is 0 Å². The van der Waals surface area contributed by atoms with Gasteiger partial charge in [0.15, 0.2) is 0 Å². The number of nitrogens with zero attached hydrogens (tertiary/aromatic N) is 2. The molecule has 1 aromatic carbocycles. The third kappa shape index (κ3) is 2.82. The summed E-state index contributed by atoms with van der Waals surface area (Å²) in [7, 11) is 0. The van der Waals surface area contributed by atoms with Crippen LogP contribution in [-0.4, -0.2) is 42.3 Å². The normalized spacial score (nSPS) is 30.4. The van der Waals surface area contributed by atoms with Crippen LogP contribution in [-0.2, 0) is 20.9 Å². The Bertz CT molecular complexity index is 811. The summed E-state index contributed by atoms with van der Waals surface area (Å²) >= 11 is 0. The summed E-state index contributed by atoms with van der Waals surface area (Å²) < 4.78 is 0. The molecule has 2 aliphatic heterocycles. The molecule has 0 spiro atoms. The molecule has 0 radical (unpaired) electrons. The maximum Gasteiger partial charge on any atom is 0.240 e. The van der Waals surface area contributed by atoms with Gasteiger partial charge in [0.25, 0.3) is 0 Å². The molecule has 1 saturated carbocycles. The number of fused-ring (bicyclic) bond motifs is 5. The maximum absolute atomic E-state index is 12.6. The van der Waals surface area contributed by atoms with Gasteiger partial charge in [-0.2, -0.15) is 0 Å². The van der Waals surface area contributed by atoms with Crippen LogP contribution in [0.2, 0.25) is 0 Å². The summed E-state index contributed by atoms with van der Waals surface area (Å²) in [6.45, 7) is 2.44. The van der Waals surface area contributed by atoms with Crippen molar-refractivity contribution in [1.29, 1.82) is 0 Å². The Kier molecular flexibility index (Phi) is 4.22. The van der Waals surface area contributed by atoms with Crippen LogP contribution in [0.1, 0.15) is 24.8 Å². The molecule has 5 rings (SSSR count). The molecule has 146 valence electrons. The molecule has 4 atom stereocenters. The Morgan fingerprint density at radius 3 is 2.18 bits per heavy atom. The van der Waals surface area contributed by atoms with E-state index in [0.717, 1.165) is 25.1 Å². The molecule has 3 fully saturated rings. The van der Waals surface area contributed by atoms with Gasteiger partial charge in [-0.3, -0.25) is 19.3 Å². The van der Waals surface area contributed by atoms with Gasteiger partial charge in [-0.05, 0) is 48.8 Å². The fourth-order valence-corrected chi connectivity index (χ4v) is 5.32. The number of benzene rings is 1. The first-order valence-electron chi connectivity index (χ1n) is 10.3. The number of allylic oxidation sites excluding steroid dienone is 2. The number of anilines is 1. The molecule has 2 bridgehead atoms. The van der Waals surface area contributed by atoms with Crippen LogP contribution in [0.25, 0.3) is 0 Å². The Labute approximate surface area is 164 Å². The van der Waals surface area contributed by atoms with Crippen molar-refractivity contribution in [3.8, 4) is 0 Å². The largest absolute Gasteiger partial charge is 0.372 e. The second-order valence-electron chi connectivity index (χ2n) is 8.40. The Morgan fingerprint density at radius 1 is 0.964 bits per heavy atom. The number of nitrogens with one attached hydrogen (secondary N) is 1. The number of likely N-dealkylation sites (tertiary alicyclic amines) is 1. The molecule has 0 unspecified atom stereocenters. The maximum atomic E-state index is 12.6. The van der Waals surface area contributed by atoms with Gasteiger partial charge in [-0.25, -0.2) is 0 Å². The molecule has 4 aliphatic rings. The van der Waals surface area contributed by atoms with Gasteiger partial charge in [0.05, 0.1) is 11.8 Å². The molecule has 28 heavy (non-hydrogen) atoms. The number of hydrogen-bond donors (Lipinski definition) is 1. The van der Waals surface area contributed by atoms with E-state index in [1.807, 2.05) is 12.1 Å². The van der Waals surface area contributed by atoms with E-state index in [1.165, 1.54) is 23.4 Å². The van der Waals surface area contributed by atoms with Crippen molar-refractivity contribution >= 4 is 23.4 Å². The molecule has 1 N–H and O–H groups in total. The topological polar surface area (TPSA) is 69.7 Å². The van der Waals surface area contributed by atoms with Crippen molar-refractivity contribution in [2.45, 2.75) is 25.8 Å². The van der Waals surface area contributed by atoms with Gasteiger partial charge in [-0.1, -0.05) is 24.3 Å². The van der Waals surface area contributed by atoms with Crippen molar-refractivity contribution < 1.29 is 14.4 Å². The number of carbonyl (C=O) groups excluding carboxylic acids is 3. The Balaban J connectivity index is 1.16. The zero-order valence-corrected chi connectivity index (χ0v) is 15.8. The molecular formula is C22H25N3O3. The van der Waals surface area contributed by atoms with Crippen molar-refractivity contribution in [2.75, 3.05) is 24.5 Å². The Hall–Kier alpha value is -2.63. The summed E-state index contributed by atoms with van der Waals surface area (Å²) in [5.41, 5.74) is 2.23. The zero-order chi connectivity index (χ0) is 19.3. The minimum atomic E-state index is -0.286. The Morgan fingerprint density at radius 2 is 1.57 bits per heavy atom. The summed E-state index contributed by atoms with van der Waals surface area (Å²) in [5, 5.41) is 2.85. The summed E-state index contributed by atoms with van der Waals surface area (Å²) in [6.07, 6.45) is 7.51. The molecule has 2 heterocycles. The van der Waals surface area contributed by atoms with E-state index in [1.54, 1.807) is 0 Å². The highest BCUT2D eigenvalue weighted by atomic mass is 16.2. The van der Waals surface area contributed by atoms with Crippen LogP contribution in [0.5, 0.6) is 0 Å². The van der Waals surface area contributed by atoms with Gasteiger partial charge in [0.2, 0.25) is 17.7 Å². The van der Waals surface area contributed by atoms with Crippen molar-refractivity contribution in [1.82, 2.24) is 10.2 Å². The minimum Gasteiger partial charge on any atom is -0.372 e. The SMILES string of the molecule is O=C(CN1C(=O)[C@@H]2[C@@H](C1=O)[C@H]1C=C[C@H]2C1)NCc1ccc(N2CCCC2)cc1. The van der Waals surface area contributed by atoms with E-state index in [-0.39, 0.29) is 47.9 Å². The molecule has 6 nitrogen and oxygen atoms in total. The second kappa shape index (κ2) is 6.76. The first kappa shape index (κ1) is 17.5. The first-order valence-corrected chi connectivity index (χ1v) is 10.3. The summed E-state index contributed by atoms with van der Waals surface area (Å²) in [6, 6.07) is 8.22. The van der Waals surface area contributed by atoms with Gasteiger partial charge in [-0.15, -0.1) is 0 Å². The van der Waals surface area contributed by atoms with Crippen molar-refractivity contribution in [3.05, 3.63) is 42.0 Å². The van der Waals surface area contributed by atoms with Crippen LogP contribution >= 0.6 is 0 Å². The summed E-state index contributed by atoms with van der Waals surface area (Å²) in [5.74, 6) is -0.760. The van der Waals surface area contributed by atoms with Gasteiger partial charge in [0, 0.05) is 25.3 Å². The molecule has 0 aromatic heterocycles. The predicted octanol–water partition coefficient (Wildman–Crippen LogP) is 1.71. The molecule has 1 aromatic rings. The lowest BCUT2D eigenvalue weighted by Crippen LogP contribution is -2.41. The molecular weight excluding hydrogens is 354 g/mol. The monoisotopic (exact) mass is 379 g/mol. The lowest BCUT2D eigenvalue weighted by Gasteiger charge is -2.18. The molecule has 6 heteroatoms. The smallest absolute Gasteiger partial charge is 0.240 e. The quantitative estimate of drug-likeness (QED) is 0.625. The van der Waals surface area contributed by atoms with Gasteiger partial charge < -0.3 is 10.2 Å². The number of carbonyl (C=O) groups is 3. The fraction of sp³-hybridized carbons (Fsp3) is 0.500. The second-order valence-corrected chi connectivity index (χ2v) is 8.40. The standard InChI is InChI=1S/C22H25N3O3/c26-18(23-12-14-3-7-17(8-4-14)24-9-1-2-10-24)13-25-21(27)19-15-5-6-16(11-15)20(19)22(25)28/h3-8,15-16,19-20H,1-2,9-13H2,(H,23,26)/t15-,16-,19-,20-/m0/s1. The number of hydrogen-bond acceptors (Lipinski definition) is 4. The van der Waals surface area contributed by atoms with E-state index in [4.69, 9.17) is 0 Å². The predicted molar refractivity (Wildman–Crippen MR) is 104 cm³/mol.